The van der Waals surface area contributed by atoms with Crippen LogP contribution in [0.4, 0.5) is 22.7 Å². The molecule has 13 heteroatoms. The normalized spacial score (nSPS) is 15.5. The van der Waals surface area contributed by atoms with E-state index in [4.69, 9.17) is 9.47 Å². The zero-order chi connectivity index (χ0) is 26.2. The van der Waals surface area contributed by atoms with Crippen LogP contribution in [0.5, 0.6) is 11.5 Å². The standard InChI is InChI=1S/C24H17F4N3O4S2/c25-15-2-5-19(30-13-15)18-11-14(24(26,27)28)1-6-20(18)35-21-7-9-34-22-12-16(3-4-17(21)22)37(32,33)31-23-29-8-10-36-23/h1-6,8,10-13,21H,7,9H2,(H,29,31). The Hall–Kier alpha value is -3.71. The number of anilines is 1. The summed E-state index contributed by atoms with van der Waals surface area (Å²) >= 11 is 1.13. The number of alkyl halides is 3. The Kier molecular flexibility index (Phi) is 6.50. The number of pyridine rings is 1. The van der Waals surface area contributed by atoms with Crippen LogP contribution in [0, 0.1) is 5.82 Å². The number of aromatic nitrogens is 2. The SMILES string of the molecule is O=S(=O)(Nc1nccs1)c1ccc2c(c1)OCCC2Oc1ccc(C(F)(F)F)cc1-c1ccc(F)cn1. The Labute approximate surface area is 212 Å². The van der Waals surface area contributed by atoms with Crippen LogP contribution in [0.3, 0.4) is 0 Å². The van der Waals surface area contributed by atoms with Crippen molar-refractivity contribution < 1.29 is 35.5 Å². The smallest absolute Gasteiger partial charge is 0.416 e. The van der Waals surface area contributed by atoms with Gasteiger partial charge < -0.3 is 9.47 Å². The second-order valence-corrected chi connectivity index (χ2v) is 10.5. The van der Waals surface area contributed by atoms with E-state index in [1.54, 1.807) is 5.38 Å². The van der Waals surface area contributed by atoms with Gasteiger partial charge in [-0.15, -0.1) is 11.3 Å². The molecule has 0 saturated heterocycles. The first kappa shape index (κ1) is 25.0. The van der Waals surface area contributed by atoms with E-state index in [1.807, 2.05) is 0 Å². The molecule has 0 spiro atoms. The largest absolute Gasteiger partial charge is 0.493 e. The van der Waals surface area contributed by atoms with E-state index >= 15 is 0 Å². The number of sulfonamides is 1. The number of halogens is 4. The topological polar surface area (TPSA) is 90.4 Å². The third kappa shape index (κ3) is 5.37. The molecule has 0 radical (unpaired) electrons. The maximum atomic E-state index is 13.4. The molecule has 0 amide bonds. The first-order valence-corrected chi connectivity index (χ1v) is 13.2. The lowest BCUT2D eigenvalue weighted by Crippen LogP contribution is -2.20. The fourth-order valence-corrected chi connectivity index (χ4v) is 5.58. The molecule has 0 fully saturated rings. The molecular formula is C24H17F4N3O4S2. The Morgan fingerprint density at radius 1 is 1.08 bits per heavy atom. The van der Waals surface area contributed by atoms with Gasteiger partial charge >= 0.3 is 6.18 Å². The van der Waals surface area contributed by atoms with Crippen molar-refractivity contribution in [2.24, 2.45) is 0 Å². The number of hydrogen-bond acceptors (Lipinski definition) is 7. The molecule has 0 bridgehead atoms. The van der Waals surface area contributed by atoms with Crippen LogP contribution in [0.25, 0.3) is 11.3 Å². The summed E-state index contributed by atoms with van der Waals surface area (Å²) in [5.74, 6) is -0.259. The molecule has 5 rings (SSSR count). The number of nitrogens with zero attached hydrogens (tertiary/aromatic N) is 2. The molecule has 3 heterocycles. The minimum atomic E-state index is -4.60. The van der Waals surface area contributed by atoms with Gasteiger partial charge in [-0.25, -0.2) is 17.8 Å². The second kappa shape index (κ2) is 9.63. The summed E-state index contributed by atoms with van der Waals surface area (Å²) in [4.78, 5) is 7.78. The minimum Gasteiger partial charge on any atom is -0.493 e. The van der Waals surface area contributed by atoms with Crippen molar-refractivity contribution in [2.75, 3.05) is 11.3 Å². The average Bonchev–Trinajstić information content (AvgIpc) is 3.36. The number of rotatable bonds is 6. The van der Waals surface area contributed by atoms with Gasteiger partial charge in [-0.2, -0.15) is 13.2 Å². The average molecular weight is 552 g/mol. The Morgan fingerprint density at radius 3 is 2.62 bits per heavy atom. The van der Waals surface area contributed by atoms with Gasteiger partial charge in [0, 0.05) is 35.2 Å². The van der Waals surface area contributed by atoms with Gasteiger partial charge in [-0.05, 0) is 36.4 Å². The molecule has 0 aliphatic carbocycles. The third-order valence-corrected chi connectivity index (χ3v) is 7.67. The molecule has 1 aliphatic heterocycles. The van der Waals surface area contributed by atoms with Crippen LogP contribution in [-0.2, 0) is 16.2 Å². The van der Waals surface area contributed by atoms with Crippen LogP contribution in [0.15, 0.2) is 71.2 Å². The number of nitrogens with one attached hydrogen (secondary N) is 1. The molecule has 4 aromatic rings. The summed E-state index contributed by atoms with van der Waals surface area (Å²) < 4.78 is 93.2. The molecule has 0 saturated carbocycles. The highest BCUT2D eigenvalue weighted by Gasteiger charge is 2.32. The molecule has 7 nitrogen and oxygen atoms in total. The van der Waals surface area contributed by atoms with Crippen LogP contribution in [0.2, 0.25) is 0 Å². The highest BCUT2D eigenvalue weighted by Crippen LogP contribution is 2.41. The van der Waals surface area contributed by atoms with Crippen molar-refractivity contribution in [1.29, 1.82) is 0 Å². The third-order valence-electron chi connectivity index (χ3n) is 5.51. The van der Waals surface area contributed by atoms with Gasteiger partial charge in [0.2, 0.25) is 0 Å². The fraction of sp³-hybridized carbons (Fsp3) is 0.167. The predicted octanol–water partition coefficient (Wildman–Crippen LogP) is 6.07. The summed E-state index contributed by atoms with van der Waals surface area (Å²) in [6.45, 7) is 0.186. The van der Waals surface area contributed by atoms with Crippen molar-refractivity contribution in [3.05, 3.63) is 83.2 Å². The van der Waals surface area contributed by atoms with Crippen molar-refractivity contribution in [1.82, 2.24) is 9.97 Å². The van der Waals surface area contributed by atoms with E-state index in [9.17, 15) is 26.0 Å². The Bertz CT molecular complexity index is 1530. The molecule has 2 aromatic heterocycles. The highest BCUT2D eigenvalue weighted by molar-refractivity contribution is 7.93. The molecule has 1 atom stereocenters. The van der Waals surface area contributed by atoms with Crippen LogP contribution in [0.1, 0.15) is 23.7 Å². The van der Waals surface area contributed by atoms with E-state index < -0.39 is 33.7 Å². The van der Waals surface area contributed by atoms with Crippen molar-refractivity contribution in [3.8, 4) is 22.8 Å². The molecule has 1 aliphatic rings. The summed E-state index contributed by atoms with van der Waals surface area (Å²) in [6.07, 6.45) is -2.52. The summed E-state index contributed by atoms with van der Waals surface area (Å²) in [5.41, 5.74) is -0.243. The fourth-order valence-electron chi connectivity index (χ4n) is 3.77. The van der Waals surface area contributed by atoms with Crippen LogP contribution >= 0.6 is 11.3 Å². The summed E-state index contributed by atoms with van der Waals surface area (Å²) in [7, 11) is -3.93. The minimum absolute atomic E-state index is 0.0368. The number of fused-ring (bicyclic) bond motifs is 1. The van der Waals surface area contributed by atoms with Crippen LogP contribution in [-0.4, -0.2) is 25.0 Å². The van der Waals surface area contributed by atoms with E-state index in [0.29, 0.717) is 12.0 Å². The van der Waals surface area contributed by atoms with Gasteiger partial charge in [0.25, 0.3) is 10.0 Å². The van der Waals surface area contributed by atoms with E-state index in [0.717, 1.165) is 35.7 Å². The lowest BCUT2D eigenvalue weighted by atomic mass is 10.0. The molecule has 37 heavy (non-hydrogen) atoms. The Balaban J connectivity index is 1.47. The lowest BCUT2D eigenvalue weighted by Gasteiger charge is -2.28. The van der Waals surface area contributed by atoms with Gasteiger partial charge in [0.1, 0.15) is 23.4 Å². The predicted molar refractivity (Wildman–Crippen MR) is 127 cm³/mol. The first-order valence-electron chi connectivity index (χ1n) is 10.8. The first-order chi connectivity index (χ1) is 17.6. The van der Waals surface area contributed by atoms with E-state index in [2.05, 4.69) is 14.7 Å². The number of benzene rings is 2. The highest BCUT2D eigenvalue weighted by atomic mass is 32.2. The molecule has 192 valence electrons. The number of hydrogen-bond donors (Lipinski definition) is 1. The lowest BCUT2D eigenvalue weighted by molar-refractivity contribution is -0.137. The summed E-state index contributed by atoms with van der Waals surface area (Å²) in [5, 5.41) is 1.84. The zero-order valence-corrected chi connectivity index (χ0v) is 20.3. The van der Waals surface area contributed by atoms with Crippen molar-refractivity contribution in [3.63, 3.8) is 0 Å². The van der Waals surface area contributed by atoms with Gasteiger partial charge in [-0.1, -0.05) is 6.07 Å². The Morgan fingerprint density at radius 2 is 1.92 bits per heavy atom. The molecule has 1 N–H and O–H groups in total. The quantitative estimate of drug-likeness (QED) is 0.293. The second-order valence-electron chi connectivity index (χ2n) is 7.96. The maximum Gasteiger partial charge on any atom is 0.416 e. The van der Waals surface area contributed by atoms with Gasteiger partial charge in [-0.3, -0.25) is 9.71 Å². The van der Waals surface area contributed by atoms with Gasteiger partial charge in [0.05, 0.1) is 29.0 Å². The molecular weight excluding hydrogens is 534 g/mol. The van der Waals surface area contributed by atoms with E-state index in [1.165, 1.54) is 36.5 Å². The van der Waals surface area contributed by atoms with E-state index in [-0.39, 0.29) is 39.4 Å². The van der Waals surface area contributed by atoms with Crippen molar-refractivity contribution >= 4 is 26.5 Å². The van der Waals surface area contributed by atoms with Gasteiger partial charge in [0.15, 0.2) is 5.13 Å². The molecule has 1 unspecified atom stereocenters. The zero-order valence-electron chi connectivity index (χ0n) is 18.7. The maximum absolute atomic E-state index is 13.4. The number of thiazole rings is 1. The van der Waals surface area contributed by atoms with Crippen LogP contribution < -0.4 is 14.2 Å². The number of ether oxygens (including phenoxy) is 2. The monoisotopic (exact) mass is 551 g/mol. The van der Waals surface area contributed by atoms with Crippen molar-refractivity contribution in [2.45, 2.75) is 23.6 Å². The molecule has 2 aromatic carbocycles. The summed E-state index contributed by atoms with van der Waals surface area (Å²) in [6, 6.07) is 9.62.